The maximum atomic E-state index is 12.7. The number of amides is 1. The summed E-state index contributed by atoms with van der Waals surface area (Å²) in [5, 5.41) is 0. The van der Waals surface area contributed by atoms with E-state index in [1.807, 2.05) is 53.4 Å². The van der Waals surface area contributed by atoms with E-state index in [9.17, 15) is 4.79 Å². The third-order valence-electron chi connectivity index (χ3n) is 4.01. The maximum Gasteiger partial charge on any atom is 0.254 e. The van der Waals surface area contributed by atoms with Gasteiger partial charge in [-0.1, -0.05) is 30.3 Å². The first-order chi connectivity index (χ1) is 10.3. The minimum Gasteiger partial charge on any atom is -0.497 e. The van der Waals surface area contributed by atoms with E-state index in [2.05, 4.69) is 6.07 Å². The molecule has 0 aromatic heterocycles. The second kappa shape index (κ2) is 6.00. The van der Waals surface area contributed by atoms with Crippen LogP contribution in [0.3, 0.4) is 0 Å². The Morgan fingerprint density at radius 2 is 1.95 bits per heavy atom. The number of rotatable bonds is 3. The Hall–Kier alpha value is -2.29. The zero-order valence-corrected chi connectivity index (χ0v) is 12.2. The normalized spacial score (nSPS) is 17.8. The Kier molecular flexibility index (Phi) is 3.91. The lowest BCUT2D eigenvalue weighted by molar-refractivity contribution is 0.0735. The average Bonchev–Trinajstić information content (AvgIpc) is 3.04. The van der Waals surface area contributed by atoms with Crippen LogP contribution in [0, 0.1) is 0 Å². The minimum absolute atomic E-state index is 0.112. The molecule has 1 atom stereocenters. The Labute approximate surface area is 125 Å². The number of benzene rings is 2. The van der Waals surface area contributed by atoms with Crippen molar-refractivity contribution < 1.29 is 9.53 Å². The van der Waals surface area contributed by atoms with Gasteiger partial charge in [0.1, 0.15) is 5.75 Å². The fraction of sp³-hybridized carbons (Fsp3) is 0.278. The van der Waals surface area contributed by atoms with Gasteiger partial charge in [-0.3, -0.25) is 4.79 Å². The fourth-order valence-electron chi connectivity index (χ4n) is 2.95. The summed E-state index contributed by atoms with van der Waals surface area (Å²) in [6, 6.07) is 17.7. The first kappa shape index (κ1) is 13.7. The van der Waals surface area contributed by atoms with Crippen molar-refractivity contribution in [3.63, 3.8) is 0 Å². The van der Waals surface area contributed by atoms with Crippen LogP contribution < -0.4 is 4.74 Å². The van der Waals surface area contributed by atoms with Crippen LogP contribution in [0.4, 0.5) is 0 Å². The van der Waals surface area contributed by atoms with E-state index in [0.717, 1.165) is 36.3 Å². The molecular formula is C18H19NO2. The molecule has 2 aromatic rings. The summed E-state index contributed by atoms with van der Waals surface area (Å²) in [5.74, 6) is 0.951. The first-order valence-corrected chi connectivity index (χ1v) is 7.29. The van der Waals surface area contributed by atoms with Crippen LogP contribution in [0.25, 0.3) is 0 Å². The van der Waals surface area contributed by atoms with Gasteiger partial charge in [0, 0.05) is 12.1 Å². The molecule has 3 heteroatoms. The van der Waals surface area contributed by atoms with Gasteiger partial charge < -0.3 is 9.64 Å². The predicted molar refractivity (Wildman–Crippen MR) is 82.4 cm³/mol. The smallest absolute Gasteiger partial charge is 0.254 e. The van der Waals surface area contributed by atoms with Crippen molar-refractivity contribution in [2.45, 2.75) is 18.9 Å². The number of carbonyl (C=O) groups is 1. The zero-order chi connectivity index (χ0) is 14.7. The quantitative estimate of drug-likeness (QED) is 0.859. The van der Waals surface area contributed by atoms with E-state index in [1.54, 1.807) is 7.11 Å². The molecule has 1 heterocycles. The Morgan fingerprint density at radius 3 is 2.71 bits per heavy atom. The Morgan fingerprint density at radius 1 is 1.14 bits per heavy atom. The van der Waals surface area contributed by atoms with Crippen molar-refractivity contribution in [1.82, 2.24) is 4.90 Å². The van der Waals surface area contributed by atoms with Crippen molar-refractivity contribution in [2.75, 3.05) is 13.7 Å². The van der Waals surface area contributed by atoms with Gasteiger partial charge in [0.05, 0.1) is 13.2 Å². The second-order valence-electron chi connectivity index (χ2n) is 5.30. The van der Waals surface area contributed by atoms with Crippen LogP contribution in [0.2, 0.25) is 0 Å². The highest BCUT2D eigenvalue weighted by Gasteiger charge is 2.30. The van der Waals surface area contributed by atoms with Gasteiger partial charge in [0.15, 0.2) is 0 Å². The Bertz CT molecular complexity index is 624. The molecule has 21 heavy (non-hydrogen) atoms. The lowest BCUT2D eigenvalue weighted by Gasteiger charge is -2.25. The lowest BCUT2D eigenvalue weighted by Crippen LogP contribution is -2.30. The van der Waals surface area contributed by atoms with Gasteiger partial charge in [-0.05, 0) is 42.7 Å². The molecule has 1 saturated heterocycles. The molecule has 1 amide bonds. The molecular weight excluding hydrogens is 262 g/mol. The molecule has 1 fully saturated rings. The topological polar surface area (TPSA) is 29.5 Å². The highest BCUT2D eigenvalue weighted by atomic mass is 16.5. The van der Waals surface area contributed by atoms with Crippen LogP contribution in [0.5, 0.6) is 5.75 Å². The third kappa shape index (κ3) is 2.77. The first-order valence-electron chi connectivity index (χ1n) is 7.29. The third-order valence-corrected chi connectivity index (χ3v) is 4.01. The Balaban J connectivity index is 1.87. The average molecular weight is 281 g/mol. The van der Waals surface area contributed by atoms with Gasteiger partial charge >= 0.3 is 0 Å². The lowest BCUT2D eigenvalue weighted by atomic mass is 10.0. The molecule has 2 aromatic carbocycles. The van der Waals surface area contributed by atoms with E-state index in [4.69, 9.17) is 4.74 Å². The largest absolute Gasteiger partial charge is 0.497 e. The molecule has 0 N–H and O–H groups in total. The maximum absolute atomic E-state index is 12.7. The highest BCUT2D eigenvalue weighted by molar-refractivity contribution is 5.94. The molecule has 0 radical (unpaired) electrons. The molecule has 0 saturated carbocycles. The van der Waals surface area contributed by atoms with E-state index < -0.39 is 0 Å². The van der Waals surface area contributed by atoms with Crippen LogP contribution in [-0.2, 0) is 0 Å². The van der Waals surface area contributed by atoms with Gasteiger partial charge in [0.25, 0.3) is 5.91 Å². The number of likely N-dealkylation sites (tertiary alicyclic amines) is 1. The number of nitrogens with zero attached hydrogens (tertiary/aromatic N) is 1. The summed E-state index contributed by atoms with van der Waals surface area (Å²) >= 11 is 0. The summed E-state index contributed by atoms with van der Waals surface area (Å²) in [6.07, 6.45) is 2.05. The van der Waals surface area contributed by atoms with Crippen molar-refractivity contribution >= 4 is 5.91 Å². The molecule has 0 spiro atoms. The van der Waals surface area contributed by atoms with Gasteiger partial charge in [0.2, 0.25) is 0 Å². The molecule has 108 valence electrons. The van der Waals surface area contributed by atoms with E-state index in [0.29, 0.717) is 0 Å². The van der Waals surface area contributed by atoms with E-state index in [-0.39, 0.29) is 11.9 Å². The molecule has 3 nitrogen and oxygen atoms in total. The molecule has 0 bridgehead atoms. The van der Waals surface area contributed by atoms with Gasteiger partial charge in [-0.15, -0.1) is 0 Å². The van der Waals surface area contributed by atoms with E-state index >= 15 is 0 Å². The van der Waals surface area contributed by atoms with Crippen LogP contribution >= 0.6 is 0 Å². The van der Waals surface area contributed by atoms with Gasteiger partial charge in [-0.25, -0.2) is 0 Å². The van der Waals surface area contributed by atoms with Crippen LogP contribution in [-0.4, -0.2) is 24.5 Å². The molecule has 1 aliphatic heterocycles. The SMILES string of the molecule is COc1cccc(C2CCCN2C(=O)c2ccccc2)c1. The fourth-order valence-corrected chi connectivity index (χ4v) is 2.95. The summed E-state index contributed by atoms with van der Waals surface area (Å²) in [7, 11) is 1.67. The zero-order valence-electron chi connectivity index (χ0n) is 12.2. The minimum atomic E-state index is 0.112. The van der Waals surface area contributed by atoms with Crippen molar-refractivity contribution in [3.8, 4) is 5.75 Å². The molecule has 1 aliphatic rings. The van der Waals surface area contributed by atoms with Crippen molar-refractivity contribution in [3.05, 3.63) is 65.7 Å². The van der Waals surface area contributed by atoms with Crippen LogP contribution in [0.1, 0.15) is 34.8 Å². The van der Waals surface area contributed by atoms with E-state index in [1.165, 1.54) is 0 Å². The molecule has 1 unspecified atom stereocenters. The van der Waals surface area contributed by atoms with Crippen molar-refractivity contribution in [2.24, 2.45) is 0 Å². The number of hydrogen-bond acceptors (Lipinski definition) is 2. The number of hydrogen-bond donors (Lipinski definition) is 0. The molecule has 0 aliphatic carbocycles. The van der Waals surface area contributed by atoms with Crippen molar-refractivity contribution in [1.29, 1.82) is 0 Å². The monoisotopic (exact) mass is 281 g/mol. The number of carbonyl (C=O) groups excluding carboxylic acids is 1. The number of methoxy groups -OCH3 is 1. The second-order valence-corrected chi connectivity index (χ2v) is 5.30. The summed E-state index contributed by atoms with van der Waals surface area (Å²) in [6.45, 7) is 0.815. The summed E-state index contributed by atoms with van der Waals surface area (Å²) in [5.41, 5.74) is 1.91. The van der Waals surface area contributed by atoms with Crippen LogP contribution in [0.15, 0.2) is 54.6 Å². The van der Waals surface area contributed by atoms with Gasteiger partial charge in [-0.2, -0.15) is 0 Å². The number of ether oxygens (including phenoxy) is 1. The highest BCUT2D eigenvalue weighted by Crippen LogP contribution is 2.34. The molecule has 3 rings (SSSR count). The summed E-state index contributed by atoms with van der Waals surface area (Å²) in [4.78, 5) is 14.7. The summed E-state index contributed by atoms with van der Waals surface area (Å²) < 4.78 is 5.29. The standard InChI is InChI=1S/C18H19NO2/c1-21-16-10-5-9-15(13-16)17-11-6-12-19(17)18(20)14-7-3-2-4-8-14/h2-5,7-10,13,17H,6,11-12H2,1H3. The predicted octanol–water partition coefficient (Wildman–Crippen LogP) is 3.67.